The minimum Gasteiger partial charge on any atom is -0.480 e. The van der Waals surface area contributed by atoms with Crippen LogP contribution in [0.3, 0.4) is 0 Å². The Morgan fingerprint density at radius 1 is 1.59 bits per heavy atom. The number of nitro groups is 1. The number of hydrogen-bond donors (Lipinski definition) is 1. The van der Waals surface area contributed by atoms with Gasteiger partial charge in [0, 0.05) is 6.20 Å². The largest absolute Gasteiger partial charge is 0.480 e. The summed E-state index contributed by atoms with van der Waals surface area (Å²) in [4.78, 5) is 28.2. The molecule has 0 saturated carbocycles. The summed E-state index contributed by atoms with van der Waals surface area (Å²) in [5.74, 6) is 0.294. The summed E-state index contributed by atoms with van der Waals surface area (Å²) < 4.78 is 5.41. The summed E-state index contributed by atoms with van der Waals surface area (Å²) in [6, 6.07) is 0. The van der Waals surface area contributed by atoms with Crippen LogP contribution in [0.1, 0.15) is 0 Å². The van der Waals surface area contributed by atoms with E-state index < -0.39 is 16.0 Å². The van der Waals surface area contributed by atoms with E-state index in [1.807, 2.05) is 0 Å². The van der Waals surface area contributed by atoms with E-state index in [0.717, 1.165) is 6.20 Å². The van der Waals surface area contributed by atoms with Gasteiger partial charge in [-0.2, -0.15) is 0 Å². The second kappa shape index (κ2) is 4.13. The van der Waals surface area contributed by atoms with Gasteiger partial charge in [-0.1, -0.05) is 0 Å². The summed E-state index contributed by atoms with van der Waals surface area (Å²) in [6.45, 7) is 0. The normalized spacial score (nSPS) is 10.5. The van der Waals surface area contributed by atoms with Crippen molar-refractivity contribution in [1.82, 2.24) is 9.97 Å². The summed E-state index contributed by atoms with van der Waals surface area (Å²) >= 11 is 3.21. The third kappa shape index (κ3) is 1.76. The summed E-state index contributed by atoms with van der Waals surface area (Å²) in [5, 5.41) is 10.7. The molecule has 2 aromatic heterocycles. The first-order valence-corrected chi connectivity index (χ1v) is 5.24. The van der Waals surface area contributed by atoms with Crippen molar-refractivity contribution in [3.63, 3.8) is 0 Å². The van der Waals surface area contributed by atoms with E-state index in [2.05, 4.69) is 25.9 Å². The maximum Gasteiger partial charge on any atom is 0.332 e. The van der Waals surface area contributed by atoms with Gasteiger partial charge in [0.05, 0.1) is 29.1 Å². The average molecular weight is 300 g/mol. The number of pyridine rings is 2. The fourth-order valence-corrected chi connectivity index (χ4v) is 2.00. The number of aromatic nitrogens is 2. The lowest BCUT2D eigenvalue weighted by Crippen LogP contribution is -2.10. The number of hydrogen-bond acceptors (Lipinski definition) is 5. The molecule has 0 aliphatic carbocycles. The molecule has 8 heteroatoms. The predicted octanol–water partition coefficient (Wildman–Crippen LogP) is 1.60. The zero-order valence-corrected chi connectivity index (χ0v) is 10.1. The van der Waals surface area contributed by atoms with Crippen molar-refractivity contribution in [3.05, 3.63) is 37.2 Å². The number of methoxy groups -OCH3 is 1. The molecule has 0 radical (unpaired) electrons. The van der Waals surface area contributed by atoms with E-state index in [9.17, 15) is 14.9 Å². The molecule has 2 aromatic rings. The van der Waals surface area contributed by atoms with Crippen LogP contribution < -0.4 is 10.2 Å². The van der Waals surface area contributed by atoms with Crippen LogP contribution in [0.4, 0.5) is 5.69 Å². The maximum absolute atomic E-state index is 11.8. The van der Waals surface area contributed by atoms with Crippen molar-refractivity contribution in [2.45, 2.75) is 0 Å². The molecule has 0 saturated heterocycles. The van der Waals surface area contributed by atoms with Crippen LogP contribution in [-0.2, 0) is 0 Å². The minimum atomic E-state index is -0.740. The molecule has 0 atom stereocenters. The molecule has 0 bridgehead atoms. The highest BCUT2D eigenvalue weighted by Gasteiger charge is 2.17. The van der Waals surface area contributed by atoms with Gasteiger partial charge in [0.2, 0.25) is 5.88 Å². The molecule has 88 valence electrons. The Labute approximate surface area is 103 Å². The van der Waals surface area contributed by atoms with Crippen molar-refractivity contribution >= 4 is 32.5 Å². The Balaban J connectivity index is 2.86. The monoisotopic (exact) mass is 299 g/mol. The van der Waals surface area contributed by atoms with Gasteiger partial charge in [0.1, 0.15) is 4.47 Å². The molecular weight excluding hydrogens is 294 g/mol. The van der Waals surface area contributed by atoms with Crippen LogP contribution in [0.2, 0.25) is 0 Å². The second-order valence-electron chi connectivity index (χ2n) is 3.13. The smallest absolute Gasteiger partial charge is 0.332 e. The van der Waals surface area contributed by atoms with Gasteiger partial charge in [-0.15, -0.1) is 0 Å². The van der Waals surface area contributed by atoms with Gasteiger partial charge in [0.15, 0.2) is 0 Å². The number of H-pyrrole nitrogens is 1. The Morgan fingerprint density at radius 2 is 2.29 bits per heavy atom. The molecule has 0 fully saturated rings. The third-order valence-corrected chi connectivity index (χ3v) is 2.94. The summed E-state index contributed by atoms with van der Waals surface area (Å²) in [6.07, 6.45) is 2.29. The highest BCUT2D eigenvalue weighted by atomic mass is 79.9. The number of rotatable bonds is 2. The van der Waals surface area contributed by atoms with E-state index in [1.54, 1.807) is 0 Å². The highest BCUT2D eigenvalue weighted by molar-refractivity contribution is 9.10. The zero-order chi connectivity index (χ0) is 12.6. The highest BCUT2D eigenvalue weighted by Crippen LogP contribution is 2.28. The lowest BCUT2D eigenvalue weighted by molar-refractivity contribution is -0.386. The van der Waals surface area contributed by atoms with Gasteiger partial charge < -0.3 is 9.72 Å². The van der Waals surface area contributed by atoms with Crippen LogP contribution >= 0.6 is 15.9 Å². The molecule has 0 aliphatic heterocycles. The standard InChI is InChI=1S/C9H6BrN3O4/c1-17-9-6(10)7-4(2-12-9)8(14)5(3-11-7)13(15)16/h2-3H,1H3,(H,11,14). The van der Waals surface area contributed by atoms with Crippen LogP contribution in [0.5, 0.6) is 5.88 Å². The predicted molar refractivity (Wildman–Crippen MR) is 63.3 cm³/mol. The van der Waals surface area contributed by atoms with Gasteiger partial charge in [-0.25, -0.2) is 4.98 Å². The molecule has 17 heavy (non-hydrogen) atoms. The Morgan fingerprint density at radius 3 is 2.88 bits per heavy atom. The first kappa shape index (κ1) is 11.5. The molecule has 7 nitrogen and oxygen atoms in total. The Kier molecular flexibility index (Phi) is 2.80. The fraction of sp³-hybridized carbons (Fsp3) is 0.111. The Hall–Kier alpha value is -1.96. The molecule has 0 spiro atoms. The zero-order valence-electron chi connectivity index (χ0n) is 8.56. The van der Waals surface area contributed by atoms with E-state index >= 15 is 0 Å². The summed E-state index contributed by atoms with van der Waals surface area (Å²) in [5.41, 5.74) is -0.789. The van der Waals surface area contributed by atoms with E-state index in [0.29, 0.717) is 15.9 Å². The molecule has 1 N–H and O–H groups in total. The first-order valence-electron chi connectivity index (χ1n) is 4.44. The number of aromatic amines is 1. The first-order chi connectivity index (χ1) is 8.06. The van der Waals surface area contributed by atoms with Gasteiger partial charge in [-0.05, 0) is 15.9 Å². The quantitative estimate of drug-likeness (QED) is 0.671. The number of nitrogens with zero attached hydrogens (tertiary/aromatic N) is 2. The number of nitrogens with one attached hydrogen (secondary N) is 1. The van der Waals surface area contributed by atoms with Crippen molar-refractivity contribution in [2.75, 3.05) is 7.11 Å². The van der Waals surface area contributed by atoms with Gasteiger partial charge in [-0.3, -0.25) is 14.9 Å². The number of halogens is 1. The van der Waals surface area contributed by atoms with E-state index in [1.165, 1.54) is 13.3 Å². The minimum absolute atomic E-state index is 0.131. The average Bonchev–Trinajstić information content (AvgIpc) is 2.30. The number of ether oxygens (including phenoxy) is 1. The molecule has 2 heterocycles. The van der Waals surface area contributed by atoms with Gasteiger partial charge >= 0.3 is 5.69 Å². The van der Waals surface area contributed by atoms with Crippen LogP contribution in [-0.4, -0.2) is 22.0 Å². The maximum atomic E-state index is 11.8. The van der Waals surface area contributed by atoms with Crippen LogP contribution in [0, 0.1) is 10.1 Å². The molecule has 0 aliphatic rings. The molecule has 0 amide bonds. The van der Waals surface area contributed by atoms with Crippen molar-refractivity contribution < 1.29 is 9.66 Å². The molecule has 0 aromatic carbocycles. The second-order valence-corrected chi connectivity index (χ2v) is 3.92. The molecule has 0 unspecified atom stereocenters. The van der Waals surface area contributed by atoms with E-state index in [-0.39, 0.29) is 5.39 Å². The third-order valence-electron chi connectivity index (χ3n) is 2.21. The molecular formula is C9H6BrN3O4. The lowest BCUT2D eigenvalue weighted by atomic mass is 10.2. The van der Waals surface area contributed by atoms with Crippen molar-refractivity contribution in [2.24, 2.45) is 0 Å². The van der Waals surface area contributed by atoms with E-state index in [4.69, 9.17) is 4.74 Å². The van der Waals surface area contributed by atoms with Crippen LogP contribution in [0.15, 0.2) is 21.7 Å². The fourth-order valence-electron chi connectivity index (χ4n) is 1.40. The molecule has 2 rings (SSSR count). The lowest BCUT2D eigenvalue weighted by Gasteiger charge is -2.04. The van der Waals surface area contributed by atoms with Gasteiger partial charge in [0.25, 0.3) is 5.43 Å². The Bertz CT molecular complexity index is 667. The van der Waals surface area contributed by atoms with Crippen LogP contribution in [0.25, 0.3) is 10.9 Å². The van der Waals surface area contributed by atoms with Crippen molar-refractivity contribution in [3.8, 4) is 5.88 Å². The SMILES string of the molecule is COc1ncc2c(=O)c([N+](=O)[O-])c[nH]c2c1Br. The topological polar surface area (TPSA) is 98.1 Å². The summed E-state index contributed by atoms with van der Waals surface area (Å²) in [7, 11) is 1.43. The van der Waals surface area contributed by atoms with Crippen molar-refractivity contribution in [1.29, 1.82) is 0 Å². The number of fused-ring (bicyclic) bond motifs is 1.